The summed E-state index contributed by atoms with van der Waals surface area (Å²) < 4.78 is 19.0. The lowest BCUT2D eigenvalue weighted by molar-refractivity contribution is 0.183. The maximum atomic E-state index is 13.9. The fourth-order valence-electron chi connectivity index (χ4n) is 1.75. The minimum atomic E-state index is -0.207. The number of nitrogens with two attached hydrogens (primary N) is 1. The van der Waals surface area contributed by atoms with Gasteiger partial charge < -0.3 is 15.4 Å². The average Bonchev–Trinajstić information content (AvgIpc) is 2.29. The van der Waals surface area contributed by atoms with Crippen LogP contribution in [0.5, 0.6) is 0 Å². The number of methoxy groups -OCH3 is 1. The zero-order chi connectivity index (χ0) is 12.8. The molecule has 0 heterocycles. The third-order valence-corrected chi connectivity index (χ3v) is 2.89. The number of hydrogen-bond acceptors (Lipinski definition) is 3. The van der Waals surface area contributed by atoms with E-state index in [4.69, 9.17) is 10.5 Å². The summed E-state index contributed by atoms with van der Waals surface area (Å²) in [6, 6.07) is 5.40. The van der Waals surface area contributed by atoms with Crippen molar-refractivity contribution in [1.82, 2.24) is 0 Å². The molecule has 0 spiro atoms. The summed E-state index contributed by atoms with van der Waals surface area (Å²) in [5, 5.41) is 0. The maximum absolute atomic E-state index is 13.9. The Balaban J connectivity index is 2.83. The molecule has 0 aliphatic carbocycles. The summed E-state index contributed by atoms with van der Waals surface area (Å²) in [7, 11) is 3.51. The molecule has 0 fully saturated rings. The van der Waals surface area contributed by atoms with Crippen molar-refractivity contribution in [2.75, 3.05) is 32.2 Å². The quantitative estimate of drug-likeness (QED) is 0.824. The summed E-state index contributed by atoms with van der Waals surface area (Å²) in [4.78, 5) is 1.88. The van der Waals surface area contributed by atoms with Gasteiger partial charge >= 0.3 is 0 Å². The highest BCUT2D eigenvalue weighted by Gasteiger charge is 2.13. The minimum absolute atomic E-state index is 0.134. The molecule has 1 aromatic carbocycles. The summed E-state index contributed by atoms with van der Waals surface area (Å²) in [5.74, 6) is -0.207. The number of anilines is 1. The molecule has 4 heteroatoms. The van der Waals surface area contributed by atoms with Crippen molar-refractivity contribution in [3.05, 3.63) is 29.6 Å². The molecule has 0 amide bonds. The smallest absolute Gasteiger partial charge is 0.146 e. The molecular formula is C13H21FN2O. The van der Waals surface area contributed by atoms with E-state index in [2.05, 4.69) is 0 Å². The Kier molecular flexibility index (Phi) is 5.38. The lowest BCUT2D eigenvalue weighted by Gasteiger charge is -2.27. The van der Waals surface area contributed by atoms with Crippen LogP contribution in [-0.4, -0.2) is 33.4 Å². The van der Waals surface area contributed by atoms with Crippen LogP contribution in [0, 0.1) is 5.82 Å². The van der Waals surface area contributed by atoms with Crippen LogP contribution in [0.1, 0.15) is 12.5 Å². The van der Waals surface area contributed by atoms with E-state index in [1.807, 2.05) is 24.9 Å². The van der Waals surface area contributed by atoms with Gasteiger partial charge in [0.2, 0.25) is 0 Å². The van der Waals surface area contributed by atoms with E-state index >= 15 is 0 Å². The number of hydrogen-bond donors (Lipinski definition) is 1. The molecule has 0 radical (unpaired) electrons. The Bertz CT molecular complexity index is 357. The molecule has 0 saturated heterocycles. The van der Waals surface area contributed by atoms with E-state index in [0.29, 0.717) is 25.3 Å². The summed E-state index contributed by atoms with van der Waals surface area (Å²) in [5.41, 5.74) is 6.97. The van der Waals surface area contributed by atoms with E-state index in [9.17, 15) is 4.39 Å². The van der Waals surface area contributed by atoms with Gasteiger partial charge in [0.05, 0.1) is 12.3 Å². The lowest BCUT2D eigenvalue weighted by Crippen LogP contribution is -2.33. The number of ether oxygens (including phenoxy) is 1. The predicted molar refractivity (Wildman–Crippen MR) is 68.9 cm³/mol. The zero-order valence-electron chi connectivity index (χ0n) is 10.7. The van der Waals surface area contributed by atoms with E-state index in [0.717, 1.165) is 5.56 Å². The van der Waals surface area contributed by atoms with Crippen LogP contribution in [0.25, 0.3) is 0 Å². The molecule has 96 valence electrons. The topological polar surface area (TPSA) is 38.5 Å². The van der Waals surface area contributed by atoms with Crippen LogP contribution in [-0.2, 0) is 11.2 Å². The first-order valence-corrected chi connectivity index (χ1v) is 5.80. The van der Waals surface area contributed by atoms with Crippen molar-refractivity contribution in [3.63, 3.8) is 0 Å². The third-order valence-electron chi connectivity index (χ3n) is 2.89. The molecule has 1 unspecified atom stereocenters. The third kappa shape index (κ3) is 3.68. The van der Waals surface area contributed by atoms with Crippen LogP contribution >= 0.6 is 0 Å². The Morgan fingerprint density at radius 1 is 1.47 bits per heavy atom. The highest BCUT2D eigenvalue weighted by atomic mass is 19.1. The number of likely N-dealkylation sites (N-methyl/N-ethyl adjacent to an activating group) is 1. The number of rotatable bonds is 6. The van der Waals surface area contributed by atoms with E-state index < -0.39 is 0 Å². The van der Waals surface area contributed by atoms with Crippen molar-refractivity contribution in [2.24, 2.45) is 5.73 Å². The van der Waals surface area contributed by atoms with Crippen LogP contribution in [0.3, 0.4) is 0 Å². The van der Waals surface area contributed by atoms with Crippen LogP contribution in [0.4, 0.5) is 10.1 Å². The molecule has 1 rings (SSSR count). The van der Waals surface area contributed by atoms with Gasteiger partial charge in [-0.1, -0.05) is 6.07 Å². The summed E-state index contributed by atoms with van der Waals surface area (Å²) in [6.45, 7) is 3.10. The lowest BCUT2D eigenvalue weighted by atomic mass is 10.1. The summed E-state index contributed by atoms with van der Waals surface area (Å²) >= 11 is 0. The second kappa shape index (κ2) is 6.57. The number of halogens is 1. The molecule has 0 aliphatic heterocycles. The Morgan fingerprint density at radius 2 is 2.18 bits per heavy atom. The predicted octanol–water partition coefficient (Wildman–Crippen LogP) is 1.80. The molecule has 1 aromatic rings. The Morgan fingerprint density at radius 3 is 2.71 bits per heavy atom. The van der Waals surface area contributed by atoms with Crippen molar-refractivity contribution < 1.29 is 9.13 Å². The average molecular weight is 240 g/mol. The molecular weight excluding hydrogens is 219 g/mol. The van der Waals surface area contributed by atoms with Crippen molar-refractivity contribution in [3.8, 4) is 0 Å². The van der Waals surface area contributed by atoms with Gasteiger partial charge in [0.25, 0.3) is 0 Å². The fraction of sp³-hybridized carbons (Fsp3) is 0.538. The first-order valence-electron chi connectivity index (χ1n) is 5.80. The van der Waals surface area contributed by atoms with Gasteiger partial charge in [-0.05, 0) is 37.6 Å². The minimum Gasteiger partial charge on any atom is -0.383 e. The molecule has 0 aliphatic rings. The normalized spacial score (nSPS) is 12.5. The van der Waals surface area contributed by atoms with Gasteiger partial charge in [-0.15, -0.1) is 0 Å². The van der Waals surface area contributed by atoms with E-state index in [1.165, 1.54) is 0 Å². The maximum Gasteiger partial charge on any atom is 0.146 e. The van der Waals surface area contributed by atoms with Gasteiger partial charge in [-0.3, -0.25) is 0 Å². The largest absolute Gasteiger partial charge is 0.383 e. The molecule has 3 nitrogen and oxygen atoms in total. The second-order valence-electron chi connectivity index (χ2n) is 4.24. The van der Waals surface area contributed by atoms with Crippen molar-refractivity contribution >= 4 is 5.69 Å². The van der Waals surface area contributed by atoms with Crippen LogP contribution in [0.2, 0.25) is 0 Å². The van der Waals surface area contributed by atoms with Gasteiger partial charge in [0.15, 0.2) is 0 Å². The molecule has 0 bridgehead atoms. The molecule has 0 saturated carbocycles. The van der Waals surface area contributed by atoms with Gasteiger partial charge in [-0.25, -0.2) is 4.39 Å². The highest BCUT2D eigenvalue weighted by Crippen LogP contribution is 2.21. The molecule has 17 heavy (non-hydrogen) atoms. The Labute approximate surface area is 102 Å². The van der Waals surface area contributed by atoms with Crippen LogP contribution < -0.4 is 10.6 Å². The summed E-state index contributed by atoms with van der Waals surface area (Å²) in [6.07, 6.45) is 0.703. The SMILES string of the molecule is COCC(C)N(C)c1ccc(CCN)cc1F. The zero-order valence-corrected chi connectivity index (χ0v) is 10.7. The number of benzene rings is 1. The van der Waals surface area contributed by atoms with Crippen LogP contribution in [0.15, 0.2) is 18.2 Å². The fourth-order valence-corrected chi connectivity index (χ4v) is 1.75. The van der Waals surface area contributed by atoms with Crippen molar-refractivity contribution in [2.45, 2.75) is 19.4 Å². The van der Waals surface area contributed by atoms with Gasteiger partial charge in [-0.2, -0.15) is 0 Å². The van der Waals surface area contributed by atoms with Gasteiger partial charge in [0, 0.05) is 20.2 Å². The first-order chi connectivity index (χ1) is 8.10. The first kappa shape index (κ1) is 13.9. The van der Waals surface area contributed by atoms with E-state index in [1.54, 1.807) is 19.2 Å². The molecule has 0 aromatic heterocycles. The molecule has 1 atom stereocenters. The Hall–Kier alpha value is -1.13. The van der Waals surface area contributed by atoms with Gasteiger partial charge in [0.1, 0.15) is 5.82 Å². The monoisotopic (exact) mass is 240 g/mol. The number of nitrogens with zero attached hydrogens (tertiary/aromatic N) is 1. The molecule has 2 N–H and O–H groups in total. The van der Waals surface area contributed by atoms with Crippen molar-refractivity contribution in [1.29, 1.82) is 0 Å². The standard InChI is InChI=1S/C13H21FN2O/c1-10(9-17-3)16(2)13-5-4-11(6-7-15)8-12(13)14/h4-5,8,10H,6-7,9,15H2,1-3H3. The second-order valence-corrected chi connectivity index (χ2v) is 4.24. The van der Waals surface area contributed by atoms with E-state index in [-0.39, 0.29) is 11.9 Å². The highest BCUT2D eigenvalue weighted by molar-refractivity contribution is 5.49.